The summed E-state index contributed by atoms with van der Waals surface area (Å²) in [5.41, 5.74) is -5.58. The minimum Gasteiger partial charge on any atom is -0.463 e. The van der Waals surface area contributed by atoms with Crippen LogP contribution < -0.4 is 51.2 Å². The van der Waals surface area contributed by atoms with Crippen molar-refractivity contribution in [2.24, 2.45) is 0 Å². The minimum atomic E-state index is -0.823. The molecule has 0 unspecified atom stereocenters. The van der Waals surface area contributed by atoms with Gasteiger partial charge in [-0.3, -0.25) is 0 Å². The first-order valence-corrected chi connectivity index (χ1v) is 35.2. The van der Waals surface area contributed by atoms with Gasteiger partial charge in [-0.1, -0.05) is 59.2 Å². The molecule has 0 N–H and O–H groups in total. The van der Waals surface area contributed by atoms with E-state index in [1.807, 2.05) is 0 Å². The predicted octanol–water partition coefficient (Wildman–Crippen LogP) is 2.88. The van der Waals surface area contributed by atoms with Crippen molar-refractivity contribution in [3.8, 4) is 0 Å². The van der Waals surface area contributed by atoms with Crippen molar-refractivity contribution < 1.29 is 85.8 Å². The molecule has 0 spiro atoms. The molecule has 0 aliphatic rings. The van der Waals surface area contributed by atoms with Crippen molar-refractivity contribution in [2.45, 2.75) is 190 Å². The van der Waals surface area contributed by atoms with Crippen molar-refractivity contribution in [3.05, 3.63) is 205 Å². The fraction of sp³-hybridized carbons (Fsp3) is 0.514. The molecule has 0 amide bonds. The van der Waals surface area contributed by atoms with Gasteiger partial charge in [0, 0.05) is 111 Å². The molecule has 3 aromatic heterocycles. The summed E-state index contributed by atoms with van der Waals surface area (Å²) in [6.45, 7) is 39.8. The molecule has 0 fully saturated rings. The normalized spacial score (nSPS) is 10.4. The summed E-state index contributed by atoms with van der Waals surface area (Å²) in [6.07, 6.45) is 7.26. The Hall–Kier alpha value is -11.9. The van der Waals surface area contributed by atoms with Crippen molar-refractivity contribution in [3.63, 3.8) is 0 Å². The van der Waals surface area contributed by atoms with Crippen LogP contribution in [-0.4, -0.2) is 154 Å². The quantitative estimate of drug-likeness (QED) is 0.0339. The Morgan fingerprint density at radius 2 is 0.336 bits per heavy atom. The Balaban J connectivity index is 0.000000827. The van der Waals surface area contributed by atoms with Crippen molar-refractivity contribution in [2.75, 3.05) is 59.5 Å². The van der Waals surface area contributed by atoms with E-state index >= 15 is 0 Å². The highest BCUT2D eigenvalue weighted by atomic mass is 16.6. The molecule has 0 saturated heterocycles. The lowest BCUT2D eigenvalue weighted by molar-refractivity contribution is -0.140. The lowest BCUT2D eigenvalue weighted by Gasteiger charge is -2.14. The first-order chi connectivity index (χ1) is 52.0. The monoisotopic (exact) mass is 1550 g/mol. The molecule has 0 aromatic carbocycles. The highest BCUT2D eigenvalue weighted by Crippen LogP contribution is 2.04. The number of esters is 9. The molecule has 0 atom stereocenters. The van der Waals surface area contributed by atoms with Crippen molar-refractivity contribution >= 4 is 53.7 Å². The molecule has 3 aromatic rings. The van der Waals surface area contributed by atoms with E-state index in [1.54, 1.807) is 0 Å². The average Bonchev–Trinajstić information content (AvgIpc) is 0.800. The number of carbonyl (C=O) groups excluding carboxylic acids is 9. The van der Waals surface area contributed by atoms with Crippen LogP contribution in [0, 0.1) is 0 Å². The summed E-state index contributed by atoms with van der Waals surface area (Å²) >= 11 is 0. The van der Waals surface area contributed by atoms with E-state index in [0.29, 0.717) is 64.2 Å². The molecule has 0 radical (unpaired) electrons. The second-order valence-corrected chi connectivity index (χ2v) is 24.5. The number of hydrogen-bond donors (Lipinski definition) is 0. The van der Waals surface area contributed by atoms with Gasteiger partial charge in [0.2, 0.25) is 0 Å². The second kappa shape index (κ2) is 52.2. The number of rotatable bonds is 50. The van der Waals surface area contributed by atoms with Gasteiger partial charge in [0.1, 0.15) is 0 Å². The van der Waals surface area contributed by atoms with Crippen LogP contribution in [-0.2, 0) is 145 Å². The van der Waals surface area contributed by atoms with E-state index in [9.17, 15) is 86.3 Å². The largest absolute Gasteiger partial charge is 0.463 e. The first-order valence-electron chi connectivity index (χ1n) is 35.2. The molecule has 3 rings (SSSR count). The van der Waals surface area contributed by atoms with E-state index in [4.69, 9.17) is 42.6 Å². The molecular formula is C74H103N9O27. The van der Waals surface area contributed by atoms with Gasteiger partial charge in [0.05, 0.1) is 59.5 Å². The number of hydrogen-bond acceptors (Lipinski definition) is 27. The van der Waals surface area contributed by atoms with Crippen LogP contribution in [0.2, 0.25) is 0 Å². The summed E-state index contributed by atoms with van der Waals surface area (Å²) in [6, 6.07) is 0. The van der Waals surface area contributed by atoms with Crippen LogP contribution in [0.3, 0.4) is 0 Å². The van der Waals surface area contributed by atoms with Gasteiger partial charge in [-0.15, -0.1) is 0 Å². The Bertz CT molecular complexity index is 4100. The van der Waals surface area contributed by atoms with E-state index < -0.39 is 105 Å². The molecule has 36 heteroatoms. The lowest BCUT2D eigenvalue weighted by atomic mass is 10.3. The second-order valence-electron chi connectivity index (χ2n) is 24.5. The zero-order valence-corrected chi connectivity index (χ0v) is 63.8. The molecule has 0 saturated carbocycles. The highest BCUT2D eigenvalue weighted by molar-refractivity contribution is 5.89. The zero-order valence-electron chi connectivity index (χ0n) is 63.8. The molecule has 0 aliphatic heterocycles. The Morgan fingerprint density at radius 3 is 0.473 bits per heavy atom. The Morgan fingerprint density at radius 1 is 0.218 bits per heavy atom. The summed E-state index contributed by atoms with van der Waals surface area (Å²) in [7, 11) is 0. The SMILES string of the molecule is C=C(C)C(=O)OCCCCn1c(=O)n(CCCCOC(=O)C(=C)C)c(=O)n(CCCCOC(=O)C(=C)C)c1=O.C=C(C)C(=O)OCCCCn1c(=O)n(CCCOC(=O)C(=C)C)c(=O)n(CCCOC(=O)C(=C)C)c1=O.C=CC(=O)OCCCCn1c(=O)n(CCCOC(=O)C=C)c(=O)n(CCCOC(=O)C=C)c1=O. The summed E-state index contributed by atoms with van der Waals surface area (Å²) in [5, 5.41) is 0. The molecule has 0 bridgehead atoms. The number of unbranched alkanes of at least 4 members (excludes halogenated alkanes) is 5. The third-order valence-electron chi connectivity index (χ3n) is 14.9. The maximum absolute atomic E-state index is 13.1. The number of nitrogens with zero attached hydrogens (tertiary/aromatic N) is 9. The molecular weight excluding hydrogens is 1450 g/mol. The van der Waals surface area contributed by atoms with Crippen LogP contribution in [0.5, 0.6) is 0 Å². The van der Waals surface area contributed by atoms with Crippen LogP contribution in [0.15, 0.2) is 154 Å². The van der Waals surface area contributed by atoms with E-state index in [2.05, 4.69) is 59.2 Å². The van der Waals surface area contributed by atoms with Gasteiger partial charge >= 0.3 is 105 Å². The van der Waals surface area contributed by atoms with Gasteiger partial charge in [-0.2, -0.15) is 0 Å². The molecule has 36 nitrogen and oxygen atoms in total. The topological polar surface area (TPSA) is 435 Å². The fourth-order valence-electron chi connectivity index (χ4n) is 8.94. The standard InChI is InChI=1S/C27H39N3O9.C25H35N3O9.C22H29N3O9/c1-19(2)22(31)37-16-10-7-13-28-25(34)29(14-8-11-17-38-23(32)20(3)4)27(36)30(26(28)35)15-9-12-18-39-24(33)21(5)6;1-17(2)20(29)35-14-8-7-11-26-23(32)27(12-9-15-36-21(30)18(3)4)25(34)28(24(26)33)13-10-16-37-22(31)19(5)6;1-4-17(26)32-14-8-7-11-23-20(29)24(12-9-15-33-18(27)5-2)22(31)25(21(23)30)13-10-16-34-19(28)6-3/h1,3,5,7-18H2,2,4,6H3;1,3,5,7-16H2,2,4,6H3;4-6H,1-3,7-16H2. The Labute approximate surface area is 633 Å². The van der Waals surface area contributed by atoms with Gasteiger partial charge in [-0.05, 0) is 131 Å². The van der Waals surface area contributed by atoms with Crippen LogP contribution in [0.4, 0.5) is 0 Å². The van der Waals surface area contributed by atoms with Crippen molar-refractivity contribution in [1.29, 1.82) is 0 Å². The first kappa shape index (κ1) is 96.1. The molecule has 110 heavy (non-hydrogen) atoms. The van der Waals surface area contributed by atoms with Crippen LogP contribution in [0.25, 0.3) is 0 Å². The van der Waals surface area contributed by atoms with Gasteiger partial charge in [0.25, 0.3) is 0 Å². The lowest BCUT2D eigenvalue weighted by Crippen LogP contribution is -2.54. The highest BCUT2D eigenvalue weighted by Gasteiger charge is 2.21. The number of carbonyl (C=O) groups is 9. The molecule has 606 valence electrons. The van der Waals surface area contributed by atoms with Gasteiger partial charge in [0.15, 0.2) is 0 Å². The molecule has 0 aliphatic carbocycles. The van der Waals surface area contributed by atoms with Crippen LogP contribution >= 0.6 is 0 Å². The smallest absolute Gasteiger partial charge is 0.336 e. The number of ether oxygens (including phenoxy) is 9. The van der Waals surface area contributed by atoms with E-state index in [1.165, 1.54) is 41.5 Å². The average molecular weight is 1550 g/mol. The van der Waals surface area contributed by atoms with Crippen molar-refractivity contribution in [1.82, 2.24) is 41.1 Å². The number of aromatic nitrogens is 9. The van der Waals surface area contributed by atoms with E-state index in [0.717, 1.165) is 59.3 Å². The van der Waals surface area contributed by atoms with Gasteiger partial charge in [-0.25, -0.2) is 127 Å². The summed E-state index contributed by atoms with van der Waals surface area (Å²) in [4.78, 5) is 219. The molecule has 3 heterocycles. The minimum absolute atomic E-state index is 0.0134. The third-order valence-corrected chi connectivity index (χ3v) is 14.9. The predicted molar refractivity (Wildman–Crippen MR) is 400 cm³/mol. The maximum atomic E-state index is 13.1. The zero-order chi connectivity index (χ0) is 83.2. The maximum Gasteiger partial charge on any atom is 0.336 e. The Kier molecular flexibility index (Phi) is 45.6. The summed E-state index contributed by atoms with van der Waals surface area (Å²) < 4.78 is 53.1. The summed E-state index contributed by atoms with van der Waals surface area (Å²) in [5.74, 6) is -5.14. The van der Waals surface area contributed by atoms with Crippen LogP contribution in [0.1, 0.15) is 131 Å². The third kappa shape index (κ3) is 34.8. The van der Waals surface area contributed by atoms with E-state index in [-0.39, 0.29) is 177 Å². The van der Waals surface area contributed by atoms with Gasteiger partial charge < -0.3 is 42.6 Å². The fourth-order valence-corrected chi connectivity index (χ4v) is 8.94.